The number of hydrogen-bond acceptors (Lipinski definition) is 4. The van der Waals surface area contributed by atoms with Gasteiger partial charge in [-0.1, -0.05) is 17.3 Å². The summed E-state index contributed by atoms with van der Waals surface area (Å²) in [5.41, 5.74) is 3.29. The van der Waals surface area contributed by atoms with E-state index in [1.54, 1.807) is 11.8 Å². The van der Waals surface area contributed by atoms with E-state index in [2.05, 4.69) is 40.8 Å². The van der Waals surface area contributed by atoms with Crippen LogP contribution in [0.1, 0.15) is 22.9 Å². The van der Waals surface area contributed by atoms with Gasteiger partial charge >= 0.3 is 0 Å². The van der Waals surface area contributed by atoms with Crippen molar-refractivity contribution < 1.29 is 4.74 Å². The topological polar surface area (TPSA) is 52.0 Å². The van der Waals surface area contributed by atoms with Crippen LogP contribution < -0.4 is 10.1 Å². The lowest BCUT2D eigenvalue weighted by Crippen LogP contribution is -2.19. The van der Waals surface area contributed by atoms with Crippen molar-refractivity contribution in [3.63, 3.8) is 0 Å². The van der Waals surface area contributed by atoms with E-state index in [4.69, 9.17) is 4.74 Å². The molecule has 2 rings (SSSR count). The molecule has 0 aliphatic carbocycles. The van der Waals surface area contributed by atoms with Gasteiger partial charge in [0.05, 0.1) is 12.8 Å². The first-order valence-electron chi connectivity index (χ1n) is 6.31. The SMILES string of the molecule is CNC(Cc1cn(C)nn1)c1ccc(C)cc1OC. The van der Waals surface area contributed by atoms with E-state index in [0.29, 0.717) is 0 Å². The maximum absolute atomic E-state index is 5.47. The zero-order valence-electron chi connectivity index (χ0n) is 11.8. The molecule has 0 spiro atoms. The van der Waals surface area contributed by atoms with Crippen molar-refractivity contribution in [2.45, 2.75) is 19.4 Å². The number of aromatic nitrogens is 3. The van der Waals surface area contributed by atoms with Crippen molar-refractivity contribution >= 4 is 0 Å². The minimum Gasteiger partial charge on any atom is -0.496 e. The van der Waals surface area contributed by atoms with Crippen molar-refractivity contribution in [2.75, 3.05) is 14.2 Å². The normalized spacial score (nSPS) is 12.4. The summed E-state index contributed by atoms with van der Waals surface area (Å²) >= 11 is 0. The molecule has 0 fully saturated rings. The predicted octanol–water partition coefficient (Wildman–Crippen LogP) is 1.64. The van der Waals surface area contributed by atoms with E-state index in [9.17, 15) is 0 Å². The Labute approximate surface area is 113 Å². The van der Waals surface area contributed by atoms with Gasteiger partial charge in [-0.3, -0.25) is 4.68 Å². The smallest absolute Gasteiger partial charge is 0.123 e. The van der Waals surface area contributed by atoms with E-state index in [-0.39, 0.29) is 6.04 Å². The number of likely N-dealkylation sites (N-methyl/N-ethyl adjacent to an activating group) is 1. The van der Waals surface area contributed by atoms with Crippen LogP contribution in [0.5, 0.6) is 5.75 Å². The summed E-state index contributed by atoms with van der Waals surface area (Å²) in [6, 6.07) is 6.41. The molecule has 0 radical (unpaired) electrons. The summed E-state index contributed by atoms with van der Waals surface area (Å²) in [5.74, 6) is 0.906. The molecule has 1 atom stereocenters. The number of nitrogens with one attached hydrogen (secondary N) is 1. The Morgan fingerprint density at radius 2 is 2.21 bits per heavy atom. The zero-order valence-corrected chi connectivity index (χ0v) is 11.8. The average molecular weight is 260 g/mol. The summed E-state index contributed by atoms with van der Waals surface area (Å²) in [4.78, 5) is 0. The van der Waals surface area contributed by atoms with Gasteiger partial charge in [-0.05, 0) is 25.6 Å². The molecule has 0 aliphatic heterocycles. The van der Waals surface area contributed by atoms with E-state index >= 15 is 0 Å². The molecule has 0 amide bonds. The Hall–Kier alpha value is -1.88. The molecule has 5 nitrogen and oxygen atoms in total. The molecule has 0 saturated heterocycles. The van der Waals surface area contributed by atoms with Gasteiger partial charge in [0.15, 0.2) is 0 Å². The Morgan fingerprint density at radius 1 is 1.42 bits per heavy atom. The quantitative estimate of drug-likeness (QED) is 0.888. The molecule has 0 aliphatic rings. The van der Waals surface area contributed by atoms with Gasteiger partial charge in [0.2, 0.25) is 0 Å². The fourth-order valence-corrected chi connectivity index (χ4v) is 2.17. The summed E-state index contributed by atoms with van der Waals surface area (Å²) < 4.78 is 7.19. The lowest BCUT2D eigenvalue weighted by Gasteiger charge is -2.18. The largest absolute Gasteiger partial charge is 0.496 e. The molecular formula is C14H20N4O. The van der Waals surface area contributed by atoms with Crippen LogP contribution in [0.2, 0.25) is 0 Å². The number of nitrogens with zero attached hydrogens (tertiary/aromatic N) is 3. The lowest BCUT2D eigenvalue weighted by atomic mass is 10.00. The first-order valence-corrected chi connectivity index (χ1v) is 6.31. The fourth-order valence-electron chi connectivity index (χ4n) is 2.17. The van der Waals surface area contributed by atoms with Crippen LogP contribution in [-0.4, -0.2) is 29.2 Å². The second-order valence-electron chi connectivity index (χ2n) is 4.67. The number of ether oxygens (including phenoxy) is 1. The molecule has 102 valence electrons. The molecule has 0 saturated carbocycles. The molecule has 2 aromatic rings. The molecule has 1 aromatic heterocycles. The molecule has 1 unspecified atom stereocenters. The highest BCUT2D eigenvalue weighted by Gasteiger charge is 2.16. The van der Waals surface area contributed by atoms with Crippen LogP contribution in [0.4, 0.5) is 0 Å². The number of hydrogen-bond donors (Lipinski definition) is 1. The molecular weight excluding hydrogens is 240 g/mol. The summed E-state index contributed by atoms with van der Waals surface area (Å²) in [7, 11) is 5.52. The van der Waals surface area contributed by atoms with Gasteiger partial charge in [0, 0.05) is 31.3 Å². The third-order valence-electron chi connectivity index (χ3n) is 3.18. The summed E-state index contributed by atoms with van der Waals surface area (Å²) in [6.07, 6.45) is 2.72. The van der Waals surface area contributed by atoms with Gasteiger partial charge < -0.3 is 10.1 Å². The first-order chi connectivity index (χ1) is 9.13. The van der Waals surface area contributed by atoms with Crippen LogP contribution in [0, 0.1) is 6.92 Å². The fraction of sp³-hybridized carbons (Fsp3) is 0.429. The maximum atomic E-state index is 5.47. The molecule has 1 N–H and O–H groups in total. The lowest BCUT2D eigenvalue weighted by molar-refractivity contribution is 0.400. The van der Waals surface area contributed by atoms with E-state index in [1.165, 1.54) is 5.56 Å². The van der Waals surface area contributed by atoms with Gasteiger partial charge in [-0.15, -0.1) is 5.10 Å². The second kappa shape index (κ2) is 5.84. The zero-order chi connectivity index (χ0) is 13.8. The molecule has 1 aromatic carbocycles. The van der Waals surface area contributed by atoms with E-state index < -0.39 is 0 Å². The van der Waals surface area contributed by atoms with Crippen molar-refractivity contribution in [2.24, 2.45) is 7.05 Å². The molecule has 1 heterocycles. The minimum absolute atomic E-state index is 0.159. The highest BCUT2D eigenvalue weighted by Crippen LogP contribution is 2.28. The second-order valence-corrected chi connectivity index (χ2v) is 4.67. The Balaban J connectivity index is 2.26. The van der Waals surface area contributed by atoms with Crippen molar-refractivity contribution in [3.8, 4) is 5.75 Å². The average Bonchev–Trinajstić information content (AvgIpc) is 2.81. The van der Waals surface area contributed by atoms with Crippen molar-refractivity contribution in [1.82, 2.24) is 20.3 Å². The van der Waals surface area contributed by atoms with E-state index in [1.807, 2.05) is 20.3 Å². The summed E-state index contributed by atoms with van der Waals surface area (Å²) in [5, 5.41) is 11.4. The van der Waals surface area contributed by atoms with E-state index in [0.717, 1.165) is 23.4 Å². The van der Waals surface area contributed by atoms with Crippen LogP contribution >= 0.6 is 0 Å². The molecule has 19 heavy (non-hydrogen) atoms. The van der Waals surface area contributed by atoms with Crippen LogP contribution in [0.3, 0.4) is 0 Å². The number of aryl methyl sites for hydroxylation is 2. The maximum Gasteiger partial charge on any atom is 0.123 e. The minimum atomic E-state index is 0.159. The van der Waals surface area contributed by atoms with Gasteiger partial charge in [-0.2, -0.15) is 0 Å². The van der Waals surface area contributed by atoms with Crippen LogP contribution in [-0.2, 0) is 13.5 Å². The predicted molar refractivity (Wildman–Crippen MR) is 74.2 cm³/mol. The van der Waals surface area contributed by atoms with Crippen LogP contribution in [0.25, 0.3) is 0 Å². The van der Waals surface area contributed by atoms with Crippen molar-refractivity contribution in [3.05, 3.63) is 41.2 Å². The number of benzene rings is 1. The Bertz CT molecular complexity index is 550. The third kappa shape index (κ3) is 3.12. The third-order valence-corrected chi connectivity index (χ3v) is 3.18. The monoisotopic (exact) mass is 260 g/mol. The van der Waals surface area contributed by atoms with Gasteiger partial charge in [0.25, 0.3) is 0 Å². The van der Waals surface area contributed by atoms with Gasteiger partial charge in [0.1, 0.15) is 5.75 Å². The molecule has 5 heteroatoms. The van der Waals surface area contributed by atoms with Crippen molar-refractivity contribution in [1.29, 1.82) is 0 Å². The summed E-state index contributed by atoms with van der Waals surface area (Å²) in [6.45, 7) is 2.06. The van der Waals surface area contributed by atoms with Crippen LogP contribution in [0.15, 0.2) is 24.4 Å². The Morgan fingerprint density at radius 3 is 2.79 bits per heavy atom. The molecule has 0 bridgehead atoms. The number of methoxy groups -OCH3 is 1. The van der Waals surface area contributed by atoms with Gasteiger partial charge in [-0.25, -0.2) is 0 Å². The number of rotatable bonds is 5. The highest BCUT2D eigenvalue weighted by atomic mass is 16.5. The first kappa shape index (κ1) is 13.5. The highest BCUT2D eigenvalue weighted by molar-refractivity contribution is 5.39. The Kier molecular flexibility index (Phi) is 4.16. The standard InChI is InChI=1S/C14H20N4O/c1-10-5-6-12(14(7-10)19-4)13(15-2)8-11-9-18(3)17-16-11/h5-7,9,13,15H,8H2,1-4H3.